The van der Waals surface area contributed by atoms with Crippen molar-refractivity contribution in [1.29, 1.82) is 0 Å². The van der Waals surface area contributed by atoms with Crippen LogP contribution in [0.25, 0.3) is 0 Å². The second-order valence-electron chi connectivity index (χ2n) is 10.8. The molecule has 1 saturated carbocycles. The van der Waals surface area contributed by atoms with Crippen LogP contribution in [0.3, 0.4) is 0 Å². The molecule has 41 heavy (non-hydrogen) atoms. The molecular formula is C27H40F3N7O3S. The number of nitrogens with one attached hydrogen (secondary N) is 2. The highest BCUT2D eigenvalue weighted by molar-refractivity contribution is 7.88. The summed E-state index contributed by atoms with van der Waals surface area (Å²) in [5.74, 6) is 0.103. The third kappa shape index (κ3) is 7.33. The van der Waals surface area contributed by atoms with Crippen molar-refractivity contribution in [2.45, 2.75) is 57.3 Å². The highest BCUT2D eigenvalue weighted by Crippen LogP contribution is 2.38. The summed E-state index contributed by atoms with van der Waals surface area (Å²) in [7, 11) is 1.56. The van der Waals surface area contributed by atoms with E-state index in [4.69, 9.17) is 4.74 Å². The van der Waals surface area contributed by atoms with Crippen LogP contribution in [0.1, 0.15) is 43.7 Å². The number of aryl methyl sites for hydroxylation is 1. The number of halogens is 3. The van der Waals surface area contributed by atoms with Crippen LogP contribution in [0.5, 0.6) is 5.75 Å². The van der Waals surface area contributed by atoms with Crippen LogP contribution in [0.4, 0.5) is 36.3 Å². The van der Waals surface area contributed by atoms with Gasteiger partial charge in [0, 0.05) is 63.3 Å². The molecule has 1 aliphatic heterocycles. The zero-order valence-electron chi connectivity index (χ0n) is 24.3. The zero-order chi connectivity index (χ0) is 29.9. The Labute approximate surface area is 240 Å². The quantitative estimate of drug-likeness (QED) is 0.440. The van der Waals surface area contributed by atoms with E-state index in [1.54, 1.807) is 7.11 Å². The number of methoxy groups -OCH3 is 1. The number of hydrogen-bond acceptors (Lipinski definition) is 9. The molecule has 0 bridgehead atoms. The molecule has 1 aromatic heterocycles. The number of likely N-dealkylation sites (N-methyl/N-ethyl adjacent to an activating group) is 2. The Bertz CT molecular complexity index is 1320. The van der Waals surface area contributed by atoms with Gasteiger partial charge in [-0.25, -0.2) is 17.7 Å². The molecule has 14 heteroatoms. The molecule has 10 nitrogen and oxygen atoms in total. The lowest BCUT2D eigenvalue weighted by atomic mass is 9.90. The summed E-state index contributed by atoms with van der Waals surface area (Å²) in [4.78, 5) is 12.8. The highest BCUT2D eigenvalue weighted by Gasteiger charge is 2.38. The van der Waals surface area contributed by atoms with Crippen LogP contribution < -0.4 is 20.3 Å². The minimum Gasteiger partial charge on any atom is -0.494 e. The van der Waals surface area contributed by atoms with Crippen molar-refractivity contribution < 1.29 is 26.3 Å². The van der Waals surface area contributed by atoms with E-state index in [-0.39, 0.29) is 5.95 Å². The van der Waals surface area contributed by atoms with Gasteiger partial charge < -0.3 is 25.2 Å². The van der Waals surface area contributed by atoms with Crippen molar-refractivity contribution in [3.8, 4) is 5.75 Å². The van der Waals surface area contributed by atoms with Crippen LogP contribution in [0, 0.1) is 0 Å². The summed E-state index contributed by atoms with van der Waals surface area (Å²) in [6.45, 7) is 5.71. The second kappa shape index (κ2) is 12.6. The highest BCUT2D eigenvalue weighted by atomic mass is 32.2. The van der Waals surface area contributed by atoms with Gasteiger partial charge in [-0.15, -0.1) is 0 Å². The van der Waals surface area contributed by atoms with Gasteiger partial charge in [-0.1, -0.05) is 19.8 Å². The molecule has 2 aromatic rings. The molecule has 1 aromatic carbocycles. The number of hydrogen-bond donors (Lipinski definition) is 2. The third-order valence-corrected chi connectivity index (χ3v) is 9.33. The molecule has 2 aliphatic rings. The Morgan fingerprint density at radius 1 is 1.15 bits per heavy atom. The molecule has 0 radical (unpaired) electrons. The number of sulfonamides is 1. The van der Waals surface area contributed by atoms with E-state index in [1.807, 2.05) is 12.1 Å². The number of aromatic nitrogens is 2. The van der Waals surface area contributed by atoms with Crippen molar-refractivity contribution in [2.24, 2.45) is 0 Å². The summed E-state index contributed by atoms with van der Waals surface area (Å²) in [5, 5.41) is 6.00. The van der Waals surface area contributed by atoms with Gasteiger partial charge in [0.2, 0.25) is 16.0 Å². The Hall–Kier alpha value is -2.84. The van der Waals surface area contributed by atoms with Gasteiger partial charge in [0.25, 0.3) is 0 Å². The van der Waals surface area contributed by atoms with Gasteiger partial charge in [0.15, 0.2) is 0 Å². The first-order valence-electron chi connectivity index (χ1n) is 13.9. The monoisotopic (exact) mass is 599 g/mol. The molecular weight excluding hydrogens is 559 g/mol. The average molecular weight is 600 g/mol. The Morgan fingerprint density at radius 2 is 1.83 bits per heavy atom. The molecule has 2 fully saturated rings. The fourth-order valence-corrected chi connectivity index (χ4v) is 6.27. The number of piperazine rings is 1. The molecule has 0 spiro atoms. The first kappa shape index (κ1) is 31.1. The smallest absolute Gasteiger partial charge is 0.421 e. The van der Waals surface area contributed by atoms with Crippen LogP contribution in [0.2, 0.25) is 0 Å². The molecule has 1 saturated heterocycles. The first-order valence-corrected chi connectivity index (χ1v) is 15.7. The maximum atomic E-state index is 14.0. The summed E-state index contributed by atoms with van der Waals surface area (Å²) in [5.41, 5.74) is 1.66. The SMILES string of the molecule is CCc1cc(Nc2ncc(C(F)(F)F)c(N[C@@H]3CCCC[C@H]3N(C)S(C)(=O)=O)n2)c(OC)cc1N1CCN(C)CC1. The van der Waals surface area contributed by atoms with Gasteiger partial charge in [-0.05, 0) is 37.9 Å². The van der Waals surface area contributed by atoms with Gasteiger partial charge in [0.05, 0.1) is 19.1 Å². The Balaban J connectivity index is 1.66. The van der Waals surface area contributed by atoms with E-state index in [0.29, 0.717) is 24.3 Å². The number of anilines is 4. The van der Waals surface area contributed by atoms with E-state index in [1.165, 1.54) is 11.4 Å². The van der Waals surface area contributed by atoms with Gasteiger partial charge in [-0.2, -0.15) is 18.2 Å². The summed E-state index contributed by atoms with van der Waals surface area (Å²) < 4.78 is 73.3. The van der Waals surface area contributed by atoms with Gasteiger partial charge in [0.1, 0.15) is 17.1 Å². The van der Waals surface area contributed by atoms with Crippen molar-refractivity contribution in [2.75, 3.05) is 69.2 Å². The fourth-order valence-electron chi connectivity index (χ4n) is 5.52. The normalized spacial score (nSPS) is 20.8. The van der Waals surface area contributed by atoms with Crippen LogP contribution in [-0.4, -0.2) is 93.3 Å². The second-order valence-corrected chi connectivity index (χ2v) is 12.8. The lowest BCUT2D eigenvalue weighted by Crippen LogP contribution is -2.49. The maximum absolute atomic E-state index is 14.0. The standard InChI is InChI=1S/C27H40F3N7O3S/c1-6-18-15-21(24(40-4)16-23(18)37-13-11-35(2)12-14-37)33-26-31-17-19(27(28,29)30)25(34-26)32-20-9-7-8-10-22(20)36(3)41(5,38)39/h15-17,20,22H,6-14H2,1-5H3,(H2,31,32,33,34)/t20-,22-/m1/s1. The topological polar surface area (TPSA) is 103 Å². The minimum atomic E-state index is -4.70. The molecule has 228 valence electrons. The molecule has 0 unspecified atom stereocenters. The number of ether oxygens (including phenoxy) is 1. The predicted octanol–water partition coefficient (Wildman–Crippen LogP) is 4.18. The van der Waals surface area contributed by atoms with Crippen molar-refractivity contribution in [3.05, 3.63) is 29.5 Å². The van der Waals surface area contributed by atoms with Crippen molar-refractivity contribution in [3.63, 3.8) is 0 Å². The predicted molar refractivity (Wildman–Crippen MR) is 155 cm³/mol. The van der Waals surface area contributed by atoms with Crippen LogP contribution in [0.15, 0.2) is 18.3 Å². The minimum absolute atomic E-state index is 0.0305. The lowest BCUT2D eigenvalue weighted by Gasteiger charge is -2.37. The molecule has 1 aliphatic carbocycles. The van der Waals surface area contributed by atoms with Crippen molar-refractivity contribution >= 4 is 33.2 Å². The molecule has 2 N–H and O–H groups in total. The van der Waals surface area contributed by atoms with E-state index >= 15 is 0 Å². The lowest BCUT2D eigenvalue weighted by molar-refractivity contribution is -0.137. The Kier molecular flexibility index (Phi) is 9.54. The zero-order valence-corrected chi connectivity index (χ0v) is 25.1. The number of alkyl halides is 3. The van der Waals surface area contributed by atoms with Gasteiger partial charge >= 0.3 is 6.18 Å². The van der Waals surface area contributed by atoms with E-state index in [2.05, 4.69) is 44.4 Å². The average Bonchev–Trinajstić information content (AvgIpc) is 2.92. The molecule has 0 amide bonds. The fraction of sp³-hybridized carbons (Fsp3) is 0.630. The van der Waals surface area contributed by atoms with Gasteiger partial charge in [-0.3, -0.25) is 0 Å². The summed E-state index contributed by atoms with van der Waals surface area (Å²) in [6, 6.07) is 2.83. The largest absolute Gasteiger partial charge is 0.494 e. The molecule has 2 heterocycles. The van der Waals surface area contributed by atoms with E-state index < -0.39 is 39.7 Å². The maximum Gasteiger partial charge on any atom is 0.421 e. The summed E-state index contributed by atoms with van der Waals surface area (Å²) >= 11 is 0. The van der Waals surface area contributed by atoms with Crippen LogP contribution in [-0.2, 0) is 22.6 Å². The number of rotatable bonds is 9. The molecule has 2 atom stereocenters. The Morgan fingerprint density at radius 3 is 2.44 bits per heavy atom. The van der Waals surface area contributed by atoms with E-state index in [0.717, 1.165) is 69.1 Å². The third-order valence-electron chi connectivity index (χ3n) is 8.01. The summed E-state index contributed by atoms with van der Waals surface area (Å²) in [6.07, 6.45) is 0.491. The first-order chi connectivity index (χ1) is 19.3. The van der Waals surface area contributed by atoms with Crippen LogP contribution >= 0.6 is 0 Å². The van der Waals surface area contributed by atoms with E-state index in [9.17, 15) is 21.6 Å². The number of benzene rings is 1. The molecule has 4 rings (SSSR count). The number of nitrogens with zero attached hydrogens (tertiary/aromatic N) is 5. The van der Waals surface area contributed by atoms with Crippen molar-refractivity contribution in [1.82, 2.24) is 19.2 Å².